The van der Waals surface area contributed by atoms with Crippen LogP contribution in [0.2, 0.25) is 0 Å². The molecule has 0 radical (unpaired) electrons. The van der Waals surface area contributed by atoms with Crippen molar-refractivity contribution in [1.29, 1.82) is 0 Å². The van der Waals surface area contributed by atoms with Crippen molar-refractivity contribution in [3.8, 4) is 0 Å². The van der Waals surface area contributed by atoms with Gasteiger partial charge in [-0.15, -0.1) is 11.3 Å². The molecule has 130 valence electrons. The highest BCUT2D eigenvalue weighted by atomic mass is 32.1. The van der Waals surface area contributed by atoms with Crippen LogP contribution in [0.1, 0.15) is 48.8 Å². The lowest BCUT2D eigenvalue weighted by molar-refractivity contribution is -0.122. The van der Waals surface area contributed by atoms with E-state index in [1.807, 2.05) is 0 Å². The summed E-state index contributed by atoms with van der Waals surface area (Å²) in [7, 11) is 0. The standard InChI is InChI=1S/C17H23N3O3S/c1-11(19-16(22)12-6-8-23-9-12)15(21)18-7-5-14-20-13(10-24-14)17(2,3)4/h6,8-11H,5,7H2,1-4H3,(H,18,21)(H,19,22)/t11-/m0/s1. The van der Waals surface area contributed by atoms with Crippen LogP contribution in [-0.2, 0) is 16.6 Å². The number of hydrogen-bond acceptors (Lipinski definition) is 5. The van der Waals surface area contributed by atoms with Crippen molar-refractivity contribution in [1.82, 2.24) is 15.6 Å². The van der Waals surface area contributed by atoms with Crippen molar-refractivity contribution in [2.24, 2.45) is 0 Å². The van der Waals surface area contributed by atoms with E-state index in [-0.39, 0.29) is 17.2 Å². The van der Waals surface area contributed by atoms with E-state index in [9.17, 15) is 9.59 Å². The molecule has 2 aromatic rings. The number of aromatic nitrogens is 1. The van der Waals surface area contributed by atoms with Crippen LogP contribution >= 0.6 is 11.3 Å². The summed E-state index contributed by atoms with van der Waals surface area (Å²) in [6, 6.07) is 0.934. The first-order chi connectivity index (χ1) is 11.3. The maximum Gasteiger partial charge on any atom is 0.255 e. The molecule has 24 heavy (non-hydrogen) atoms. The van der Waals surface area contributed by atoms with E-state index in [4.69, 9.17) is 4.42 Å². The quantitative estimate of drug-likeness (QED) is 0.839. The van der Waals surface area contributed by atoms with Crippen molar-refractivity contribution >= 4 is 23.2 Å². The van der Waals surface area contributed by atoms with Gasteiger partial charge in [-0.05, 0) is 13.0 Å². The molecule has 0 unspecified atom stereocenters. The molecule has 0 saturated heterocycles. The number of rotatable bonds is 6. The van der Waals surface area contributed by atoms with Gasteiger partial charge in [0.2, 0.25) is 5.91 Å². The highest BCUT2D eigenvalue weighted by Gasteiger charge is 2.18. The minimum absolute atomic E-state index is 0.0316. The summed E-state index contributed by atoms with van der Waals surface area (Å²) in [5.74, 6) is -0.555. The lowest BCUT2D eigenvalue weighted by atomic mass is 9.93. The predicted molar refractivity (Wildman–Crippen MR) is 93.2 cm³/mol. The van der Waals surface area contributed by atoms with Crippen LogP contribution in [0.15, 0.2) is 28.4 Å². The Hall–Kier alpha value is -2.15. The fourth-order valence-electron chi connectivity index (χ4n) is 1.96. The van der Waals surface area contributed by atoms with E-state index < -0.39 is 6.04 Å². The molecule has 0 aliphatic carbocycles. The zero-order valence-electron chi connectivity index (χ0n) is 14.4. The van der Waals surface area contributed by atoms with Crippen LogP contribution in [0.4, 0.5) is 0 Å². The molecule has 2 aromatic heterocycles. The summed E-state index contributed by atoms with van der Waals surface area (Å²) in [4.78, 5) is 28.5. The minimum atomic E-state index is -0.617. The number of thiazole rings is 1. The van der Waals surface area contributed by atoms with Gasteiger partial charge in [-0.2, -0.15) is 0 Å². The predicted octanol–water partition coefficient (Wildman–Crippen LogP) is 2.51. The van der Waals surface area contributed by atoms with Crippen LogP contribution in [-0.4, -0.2) is 29.4 Å². The van der Waals surface area contributed by atoms with Gasteiger partial charge in [-0.1, -0.05) is 20.8 Å². The zero-order valence-corrected chi connectivity index (χ0v) is 15.2. The van der Waals surface area contributed by atoms with Crippen LogP contribution in [0.25, 0.3) is 0 Å². The summed E-state index contributed by atoms with van der Waals surface area (Å²) in [6.07, 6.45) is 3.43. The molecule has 2 heterocycles. The van der Waals surface area contributed by atoms with Crippen LogP contribution in [0.5, 0.6) is 0 Å². The fourth-order valence-corrected chi connectivity index (χ4v) is 2.98. The Bertz CT molecular complexity index is 686. The maximum absolute atomic E-state index is 12.0. The monoisotopic (exact) mass is 349 g/mol. The topological polar surface area (TPSA) is 84.2 Å². The van der Waals surface area contributed by atoms with Gasteiger partial charge in [0.15, 0.2) is 0 Å². The minimum Gasteiger partial charge on any atom is -0.472 e. The van der Waals surface area contributed by atoms with Crippen molar-refractivity contribution in [3.05, 3.63) is 40.2 Å². The number of amides is 2. The summed E-state index contributed by atoms with van der Waals surface area (Å²) >= 11 is 1.60. The summed E-state index contributed by atoms with van der Waals surface area (Å²) in [6.45, 7) is 8.50. The number of hydrogen-bond donors (Lipinski definition) is 2. The first kappa shape index (κ1) is 18.2. The van der Waals surface area contributed by atoms with E-state index in [1.165, 1.54) is 12.5 Å². The third-order valence-electron chi connectivity index (χ3n) is 3.48. The third-order valence-corrected chi connectivity index (χ3v) is 4.39. The van der Waals surface area contributed by atoms with Gasteiger partial charge in [0.1, 0.15) is 12.3 Å². The molecule has 0 aliphatic rings. The van der Waals surface area contributed by atoms with E-state index in [0.717, 1.165) is 10.7 Å². The van der Waals surface area contributed by atoms with E-state index in [2.05, 4.69) is 41.8 Å². The molecule has 2 rings (SSSR count). The van der Waals surface area contributed by atoms with Crippen molar-refractivity contribution < 1.29 is 14.0 Å². The molecule has 2 amide bonds. The number of carbonyl (C=O) groups is 2. The second-order valence-electron chi connectivity index (χ2n) is 6.62. The van der Waals surface area contributed by atoms with Gasteiger partial charge < -0.3 is 15.1 Å². The Balaban J connectivity index is 1.76. The zero-order chi connectivity index (χ0) is 17.7. The summed E-state index contributed by atoms with van der Waals surface area (Å²) in [5.41, 5.74) is 1.49. The highest BCUT2D eigenvalue weighted by Crippen LogP contribution is 2.23. The van der Waals surface area contributed by atoms with Gasteiger partial charge in [-0.25, -0.2) is 4.98 Å². The van der Waals surface area contributed by atoms with Crippen molar-refractivity contribution in [2.75, 3.05) is 6.54 Å². The molecule has 1 atom stereocenters. The Morgan fingerprint density at radius 2 is 2.12 bits per heavy atom. The molecular formula is C17H23N3O3S. The Morgan fingerprint density at radius 1 is 1.38 bits per heavy atom. The third kappa shape index (κ3) is 4.92. The van der Waals surface area contributed by atoms with E-state index >= 15 is 0 Å². The number of furan rings is 1. The number of nitrogens with zero attached hydrogens (tertiary/aromatic N) is 1. The molecule has 0 saturated carbocycles. The Kier molecular flexibility index (Phi) is 5.77. The van der Waals surface area contributed by atoms with Gasteiger partial charge in [-0.3, -0.25) is 9.59 Å². The molecule has 0 fully saturated rings. The Labute approximate surface area is 145 Å². The summed E-state index contributed by atoms with van der Waals surface area (Å²) < 4.78 is 4.85. The number of nitrogens with one attached hydrogen (secondary N) is 2. The van der Waals surface area contributed by atoms with Gasteiger partial charge in [0.05, 0.1) is 22.5 Å². The second kappa shape index (κ2) is 7.61. The van der Waals surface area contributed by atoms with Gasteiger partial charge in [0, 0.05) is 23.8 Å². The Morgan fingerprint density at radius 3 is 2.71 bits per heavy atom. The average molecular weight is 349 g/mol. The second-order valence-corrected chi connectivity index (χ2v) is 7.57. The molecule has 6 nitrogen and oxygen atoms in total. The lowest BCUT2D eigenvalue weighted by Crippen LogP contribution is -2.45. The molecule has 0 aromatic carbocycles. The SMILES string of the molecule is C[C@H](NC(=O)c1ccoc1)C(=O)NCCc1nc(C(C)(C)C)cs1. The lowest BCUT2D eigenvalue weighted by Gasteiger charge is -2.14. The largest absolute Gasteiger partial charge is 0.472 e. The average Bonchev–Trinajstić information content (AvgIpc) is 3.17. The molecule has 0 bridgehead atoms. The molecule has 7 heteroatoms. The van der Waals surface area contributed by atoms with E-state index in [1.54, 1.807) is 24.3 Å². The first-order valence-electron chi connectivity index (χ1n) is 7.83. The smallest absolute Gasteiger partial charge is 0.255 e. The maximum atomic E-state index is 12.0. The molecule has 0 spiro atoms. The first-order valence-corrected chi connectivity index (χ1v) is 8.71. The van der Waals surface area contributed by atoms with Crippen LogP contribution in [0, 0.1) is 0 Å². The molecule has 0 aliphatic heterocycles. The fraction of sp³-hybridized carbons (Fsp3) is 0.471. The van der Waals surface area contributed by atoms with Gasteiger partial charge >= 0.3 is 0 Å². The van der Waals surface area contributed by atoms with Gasteiger partial charge in [0.25, 0.3) is 5.91 Å². The molecule has 2 N–H and O–H groups in total. The van der Waals surface area contributed by atoms with Crippen LogP contribution in [0.3, 0.4) is 0 Å². The number of carbonyl (C=O) groups excluding carboxylic acids is 2. The normalized spacial score (nSPS) is 12.7. The molecular weight excluding hydrogens is 326 g/mol. The van der Waals surface area contributed by atoms with E-state index in [0.29, 0.717) is 18.5 Å². The summed E-state index contributed by atoms with van der Waals surface area (Å²) in [5, 5.41) is 8.51. The van der Waals surface area contributed by atoms with Crippen molar-refractivity contribution in [3.63, 3.8) is 0 Å². The highest BCUT2D eigenvalue weighted by molar-refractivity contribution is 7.09. The van der Waals surface area contributed by atoms with Crippen LogP contribution < -0.4 is 10.6 Å². The van der Waals surface area contributed by atoms with Crippen molar-refractivity contribution in [2.45, 2.75) is 45.6 Å².